The highest BCUT2D eigenvalue weighted by molar-refractivity contribution is 5.80. The standard InChI is InChI=1S/C21H37N5/c1-16(2)26-13-17(3)20(15-26)24-21(22-5)23-12-18(4)25(6)14-19-10-8-7-9-11-19/h7-11,16-18,20H,12-15H2,1-6H3,(H2,22,23,24). The van der Waals surface area contributed by atoms with Crippen LogP contribution in [0.15, 0.2) is 35.3 Å². The second-order valence-corrected chi connectivity index (χ2v) is 7.98. The lowest BCUT2D eigenvalue weighted by atomic mass is 10.1. The second-order valence-electron chi connectivity index (χ2n) is 7.98. The summed E-state index contributed by atoms with van der Waals surface area (Å²) in [6, 6.07) is 12.1. The number of likely N-dealkylation sites (tertiary alicyclic amines) is 1. The number of likely N-dealkylation sites (N-methyl/N-ethyl adjacent to an activating group) is 1. The van der Waals surface area contributed by atoms with Crippen LogP contribution in [-0.2, 0) is 6.54 Å². The Morgan fingerprint density at radius 2 is 1.92 bits per heavy atom. The summed E-state index contributed by atoms with van der Waals surface area (Å²) in [4.78, 5) is 9.33. The molecule has 1 aromatic rings. The van der Waals surface area contributed by atoms with Crippen molar-refractivity contribution in [1.29, 1.82) is 0 Å². The van der Waals surface area contributed by atoms with Gasteiger partial charge in [0.15, 0.2) is 5.96 Å². The van der Waals surface area contributed by atoms with Gasteiger partial charge in [-0.25, -0.2) is 0 Å². The molecular formula is C21H37N5. The van der Waals surface area contributed by atoms with Crippen molar-refractivity contribution in [2.75, 3.05) is 33.7 Å². The zero-order valence-electron chi connectivity index (χ0n) is 17.4. The number of nitrogens with one attached hydrogen (secondary N) is 2. The van der Waals surface area contributed by atoms with Crippen LogP contribution in [0.1, 0.15) is 33.3 Å². The van der Waals surface area contributed by atoms with Gasteiger partial charge in [0, 0.05) is 51.4 Å². The Kier molecular flexibility index (Phi) is 7.91. The van der Waals surface area contributed by atoms with Crippen LogP contribution in [0.3, 0.4) is 0 Å². The van der Waals surface area contributed by atoms with Crippen molar-refractivity contribution < 1.29 is 0 Å². The second kappa shape index (κ2) is 9.93. The number of rotatable bonds is 7. The van der Waals surface area contributed by atoms with E-state index in [1.54, 1.807) is 0 Å². The van der Waals surface area contributed by atoms with Gasteiger partial charge in [-0.1, -0.05) is 37.3 Å². The quantitative estimate of drug-likeness (QED) is 0.580. The number of hydrogen-bond donors (Lipinski definition) is 2. The average Bonchev–Trinajstić information content (AvgIpc) is 3.00. The molecule has 0 radical (unpaired) electrons. The first-order valence-electron chi connectivity index (χ1n) is 9.86. The molecule has 3 unspecified atom stereocenters. The molecule has 26 heavy (non-hydrogen) atoms. The highest BCUT2D eigenvalue weighted by Gasteiger charge is 2.31. The molecule has 5 heteroatoms. The van der Waals surface area contributed by atoms with Gasteiger partial charge in [-0.15, -0.1) is 0 Å². The summed E-state index contributed by atoms with van der Waals surface area (Å²) in [5.74, 6) is 1.54. The van der Waals surface area contributed by atoms with Crippen molar-refractivity contribution in [1.82, 2.24) is 20.4 Å². The predicted molar refractivity (Wildman–Crippen MR) is 112 cm³/mol. The lowest BCUT2D eigenvalue weighted by Gasteiger charge is -2.27. The topological polar surface area (TPSA) is 42.9 Å². The summed E-state index contributed by atoms with van der Waals surface area (Å²) < 4.78 is 0. The SMILES string of the molecule is CN=C(NCC(C)N(C)Cc1ccccc1)NC1CN(C(C)C)CC1C. The van der Waals surface area contributed by atoms with Crippen molar-refractivity contribution in [3.63, 3.8) is 0 Å². The van der Waals surface area contributed by atoms with Crippen LogP contribution < -0.4 is 10.6 Å². The van der Waals surface area contributed by atoms with Crippen molar-refractivity contribution in [3.05, 3.63) is 35.9 Å². The van der Waals surface area contributed by atoms with Gasteiger partial charge in [0.2, 0.25) is 0 Å². The normalized spacial score (nSPS) is 22.8. The minimum Gasteiger partial charge on any atom is -0.355 e. The Morgan fingerprint density at radius 1 is 1.23 bits per heavy atom. The Balaban J connectivity index is 1.79. The van der Waals surface area contributed by atoms with E-state index in [2.05, 4.69) is 90.5 Å². The van der Waals surface area contributed by atoms with Crippen LogP contribution >= 0.6 is 0 Å². The van der Waals surface area contributed by atoms with Gasteiger partial charge in [0.25, 0.3) is 0 Å². The first-order valence-corrected chi connectivity index (χ1v) is 9.86. The fraction of sp³-hybridized carbons (Fsp3) is 0.667. The van der Waals surface area contributed by atoms with Crippen LogP contribution in [0.5, 0.6) is 0 Å². The molecule has 0 amide bonds. The van der Waals surface area contributed by atoms with Crippen molar-refractivity contribution >= 4 is 5.96 Å². The molecule has 5 nitrogen and oxygen atoms in total. The number of benzene rings is 1. The average molecular weight is 360 g/mol. The Hall–Kier alpha value is -1.59. The van der Waals surface area contributed by atoms with E-state index in [1.165, 1.54) is 5.56 Å². The van der Waals surface area contributed by atoms with E-state index in [4.69, 9.17) is 0 Å². The van der Waals surface area contributed by atoms with E-state index in [-0.39, 0.29) is 0 Å². The van der Waals surface area contributed by atoms with Crippen LogP contribution in [0.4, 0.5) is 0 Å². The van der Waals surface area contributed by atoms with E-state index in [9.17, 15) is 0 Å². The maximum atomic E-state index is 4.43. The van der Waals surface area contributed by atoms with Crippen molar-refractivity contribution in [3.8, 4) is 0 Å². The van der Waals surface area contributed by atoms with Crippen molar-refractivity contribution in [2.24, 2.45) is 10.9 Å². The van der Waals surface area contributed by atoms with Gasteiger partial charge in [0.05, 0.1) is 0 Å². The third kappa shape index (κ3) is 5.99. The van der Waals surface area contributed by atoms with Gasteiger partial charge in [-0.2, -0.15) is 0 Å². The molecule has 146 valence electrons. The largest absolute Gasteiger partial charge is 0.355 e. The zero-order chi connectivity index (χ0) is 19.1. The monoisotopic (exact) mass is 359 g/mol. The molecule has 1 aliphatic rings. The van der Waals surface area contributed by atoms with E-state index in [1.807, 2.05) is 7.05 Å². The molecule has 1 saturated heterocycles. The molecule has 3 atom stereocenters. The molecule has 0 aromatic heterocycles. The molecule has 2 N–H and O–H groups in total. The summed E-state index contributed by atoms with van der Waals surface area (Å²) in [6.45, 7) is 13.2. The third-order valence-electron chi connectivity index (χ3n) is 5.51. The lowest BCUT2D eigenvalue weighted by Crippen LogP contribution is -2.49. The van der Waals surface area contributed by atoms with E-state index < -0.39 is 0 Å². The van der Waals surface area contributed by atoms with Crippen molar-refractivity contribution in [2.45, 2.75) is 52.4 Å². The van der Waals surface area contributed by atoms with Crippen LogP contribution in [0.25, 0.3) is 0 Å². The smallest absolute Gasteiger partial charge is 0.191 e. The van der Waals surface area contributed by atoms with Gasteiger partial charge in [-0.05, 0) is 39.3 Å². The molecule has 1 aromatic carbocycles. The van der Waals surface area contributed by atoms with E-state index >= 15 is 0 Å². The van der Waals surface area contributed by atoms with Gasteiger partial charge >= 0.3 is 0 Å². The fourth-order valence-electron chi connectivity index (χ4n) is 3.41. The molecule has 1 heterocycles. The number of hydrogen-bond acceptors (Lipinski definition) is 3. The highest BCUT2D eigenvalue weighted by Crippen LogP contribution is 2.18. The highest BCUT2D eigenvalue weighted by atomic mass is 15.3. The first kappa shape index (κ1) is 20.7. The molecule has 0 aliphatic carbocycles. The molecule has 1 fully saturated rings. The molecule has 0 bridgehead atoms. The van der Waals surface area contributed by atoms with E-state index in [0.29, 0.717) is 24.0 Å². The Bertz CT molecular complexity index is 557. The molecular weight excluding hydrogens is 322 g/mol. The zero-order valence-corrected chi connectivity index (χ0v) is 17.4. The summed E-state index contributed by atoms with van der Waals surface area (Å²) in [7, 11) is 4.03. The minimum absolute atomic E-state index is 0.418. The predicted octanol–water partition coefficient (Wildman–Crippen LogP) is 2.40. The Morgan fingerprint density at radius 3 is 2.50 bits per heavy atom. The molecule has 0 spiro atoms. The molecule has 2 rings (SSSR count). The minimum atomic E-state index is 0.418. The number of aliphatic imine (C=N–C) groups is 1. The number of nitrogens with zero attached hydrogens (tertiary/aromatic N) is 3. The maximum Gasteiger partial charge on any atom is 0.191 e. The van der Waals surface area contributed by atoms with Gasteiger partial charge in [0.1, 0.15) is 0 Å². The Labute approximate surface area is 159 Å². The third-order valence-corrected chi connectivity index (χ3v) is 5.51. The van der Waals surface area contributed by atoms with Crippen LogP contribution in [-0.4, -0.2) is 67.6 Å². The van der Waals surface area contributed by atoms with E-state index in [0.717, 1.165) is 32.1 Å². The summed E-state index contributed by atoms with van der Waals surface area (Å²) in [5, 5.41) is 7.13. The summed E-state index contributed by atoms with van der Waals surface area (Å²) in [5.41, 5.74) is 1.35. The fourth-order valence-corrected chi connectivity index (χ4v) is 3.41. The van der Waals surface area contributed by atoms with Crippen LogP contribution in [0.2, 0.25) is 0 Å². The maximum absolute atomic E-state index is 4.43. The molecule has 1 aliphatic heterocycles. The first-order chi connectivity index (χ1) is 12.4. The molecule has 0 saturated carbocycles. The summed E-state index contributed by atoms with van der Waals surface area (Å²) >= 11 is 0. The van der Waals surface area contributed by atoms with Gasteiger partial charge < -0.3 is 10.6 Å². The van der Waals surface area contributed by atoms with Crippen LogP contribution in [0, 0.1) is 5.92 Å². The van der Waals surface area contributed by atoms with Gasteiger partial charge in [-0.3, -0.25) is 14.8 Å². The number of guanidine groups is 1. The summed E-state index contributed by atoms with van der Waals surface area (Å²) in [6.07, 6.45) is 0. The lowest BCUT2D eigenvalue weighted by molar-refractivity contribution is 0.249.